The third-order valence-electron chi connectivity index (χ3n) is 4.61. The van der Waals surface area contributed by atoms with Crippen LogP contribution in [0.1, 0.15) is 41.7 Å². The lowest BCUT2D eigenvalue weighted by Crippen LogP contribution is -2.37. The second-order valence-electron chi connectivity index (χ2n) is 6.51. The van der Waals surface area contributed by atoms with Gasteiger partial charge in [0.2, 0.25) is 5.91 Å². The van der Waals surface area contributed by atoms with Gasteiger partial charge in [0.25, 0.3) is 5.91 Å². The molecule has 0 radical (unpaired) electrons. The van der Waals surface area contributed by atoms with Crippen LogP contribution in [0.2, 0.25) is 0 Å². The van der Waals surface area contributed by atoms with Gasteiger partial charge in [-0.3, -0.25) is 9.59 Å². The van der Waals surface area contributed by atoms with E-state index in [4.69, 9.17) is 5.73 Å². The Morgan fingerprint density at radius 2 is 2.00 bits per heavy atom. The molecule has 2 atom stereocenters. The van der Waals surface area contributed by atoms with E-state index in [2.05, 4.69) is 15.6 Å². The van der Waals surface area contributed by atoms with Crippen molar-refractivity contribution in [1.29, 1.82) is 0 Å². The predicted octanol–water partition coefficient (Wildman–Crippen LogP) is 1.59. The molecule has 24 heavy (non-hydrogen) atoms. The highest BCUT2D eigenvalue weighted by Crippen LogP contribution is 2.21. The number of benzene rings is 1. The number of nitrogens with one attached hydrogen (secondary N) is 3. The van der Waals surface area contributed by atoms with Crippen molar-refractivity contribution in [1.82, 2.24) is 15.6 Å². The van der Waals surface area contributed by atoms with Crippen LogP contribution in [-0.2, 0) is 4.79 Å². The van der Waals surface area contributed by atoms with Crippen LogP contribution in [0, 0.1) is 6.92 Å². The maximum absolute atomic E-state index is 12.5. The molecule has 2 unspecified atom stereocenters. The number of aromatic amines is 1. The minimum absolute atomic E-state index is 0.0134. The summed E-state index contributed by atoms with van der Waals surface area (Å²) in [6.07, 6.45) is 2.87. The molecule has 0 aliphatic heterocycles. The molecule has 1 saturated carbocycles. The van der Waals surface area contributed by atoms with Crippen molar-refractivity contribution in [2.24, 2.45) is 5.73 Å². The number of amides is 2. The summed E-state index contributed by atoms with van der Waals surface area (Å²) in [4.78, 5) is 27.3. The number of rotatable bonds is 5. The fourth-order valence-corrected chi connectivity index (χ4v) is 3.37. The van der Waals surface area contributed by atoms with Gasteiger partial charge in [0.1, 0.15) is 5.69 Å². The van der Waals surface area contributed by atoms with Gasteiger partial charge in [-0.1, -0.05) is 18.2 Å². The minimum Gasteiger partial charge on any atom is -0.353 e. The van der Waals surface area contributed by atoms with E-state index in [-0.39, 0.29) is 23.9 Å². The molecule has 0 spiro atoms. The van der Waals surface area contributed by atoms with Crippen LogP contribution in [-0.4, -0.2) is 35.4 Å². The van der Waals surface area contributed by atoms with Crippen molar-refractivity contribution >= 4 is 22.7 Å². The van der Waals surface area contributed by atoms with E-state index >= 15 is 0 Å². The van der Waals surface area contributed by atoms with Crippen molar-refractivity contribution in [3.63, 3.8) is 0 Å². The minimum atomic E-state index is -0.0930. The van der Waals surface area contributed by atoms with Gasteiger partial charge in [0, 0.05) is 36.0 Å². The van der Waals surface area contributed by atoms with Gasteiger partial charge in [-0.25, -0.2) is 0 Å². The van der Waals surface area contributed by atoms with Crippen LogP contribution in [0.15, 0.2) is 24.3 Å². The summed E-state index contributed by atoms with van der Waals surface area (Å²) in [6, 6.07) is 8.10. The summed E-state index contributed by atoms with van der Waals surface area (Å²) in [5, 5.41) is 7.08. The Hall–Kier alpha value is -2.34. The van der Waals surface area contributed by atoms with Crippen LogP contribution in [0.25, 0.3) is 10.9 Å². The molecule has 1 aliphatic rings. The van der Waals surface area contributed by atoms with Gasteiger partial charge in [0.15, 0.2) is 0 Å². The van der Waals surface area contributed by atoms with Crippen LogP contribution >= 0.6 is 0 Å². The number of carbonyl (C=O) groups excluding carboxylic acids is 2. The average Bonchev–Trinajstić information content (AvgIpc) is 3.15. The molecule has 128 valence electrons. The van der Waals surface area contributed by atoms with Gasteiger partial charge in [0.05, 0.1) is 0 Å². The molecule has 0 bridgehead atoms. The zero-order valence-corrected chi connectivity index (χ0v) is 13.9. The molecule has 1 heterocycles. The number of hydrogen-bond donors (Lipinski definition) is 4. The molecule has 3 rings (SSSR count). The summed E-state index contributed by atoms with van der Waals surface area (Å²) in [5.41, 5.74) is 8.08. The number of aromatic nitrogens is 1. The summed E-state index contributed by atoms with van der Waals surface area (Å²) in [5.74, 6) is -0.106. The van der Waals surface area contributed by atoms with Crippen molar-refractivity contribution in [3.05, 3.63) is 35.5 Å². The molecular formula is C18H24N4O2. The number of aryl methyl sites for hydroxylation is 1. The van der Waals surface area contributed by atoms with Crippen LogP contribution in [0.5, 0.6) is 0 Å². The maximum Gasteiger partial charge on any atom is 0.267 e. The zero-order chi connectivity index (χ0) is 17.1. The van der Waals surface area contributed by atoms with Crippen molar-refractivity contribution < 1.29 is 9.59 Å². The van der Waals surface area contributed by atoms with Crippen molar-refractivity contribution in [3.8, 4) is 0 Å². The SMILES string of the molecule is Cc1cccc2cc(C(=O)NC3CCC(NC(=O)CCN)C3)[nH]c12. The van der Waals surface area contributed by atoms with Gasteiger partial charge in [-0.05, 0) is 37.8 Å². The zero-order valence-electron chi connectivity index (χ0n) is 13.9. The highest BCUT2D eigenvalue weighted by atomic mass is 16.2. The first-order valence-electron chi connectivity index (χ1n) is 8.45. The molecule has 5 N–H and O–H groups in total. The highest BCUT2D eigenvalue weighted by molar-refractivity contribution is 5.98. The number of nitrogens with two attached hydrogens (primary N) is 1. The monoisotopic (exact) mass is 328 g/mol. The van der Waals surface area contributed by atoms with Gasteiger partial charge in [-0.2, -0.15) is 0 Å². The number of para-hydroxylation sites is 1. The lowest BCUT2D eigenvalue weighted by Gasteiger charge is -2.14. The topological polar surface area (TPSA) is 100 Å². The van der Waals surface area contributed by atoms with E-state index in [0.29, 0.717) is 18.7 Å². The first kappa shape index (κ1) is 16.5. The molecule has 2 aromatic rings. The first-order chi connectivity index (χ1) is 11.6. The standard InChI is InChI=1S/C18H24N4O2/c1-11-3-2-4-12-9-15(22-17(11)12)18(24)21-14-6-5-13(10-14)20-16(23)7-8-19/h2-4,9,13-14,22H,5-8,10,19H2,1H3,(H,20,23)(H,21,24). The molecule has 0 saturated heterocycles. The lowest BCUT2D eigenvalue weighted by atomic mass is 10.2. The normalized spacial score (nSPS) is 20.2. The first-order valence-corrected chi connectivity index (χ1v) is 8.45. The fourth-order valence-electron chi connectivity index (χ4n) is 3.37. The Morgan fingerprint density at radius 1 is 1.25 bits per heavy atom. The Morgan fingerprint density at radius 3 is 2.71 bits per heavy atom. The molecule has 1 fully saturated rings. The molecule has 1 aromatic carbocycles. The van der Waals surface area contributed by atoms with E-state index in [1.165, 1.54) is 0 Å². The summed E-state index contributed by atoms with van der Waals surface area (Å²) < 4.78 is 0. The largest absolute Gasteiger partial charge is 0.353 e. The summed E-state index contributed by atoms with van der Waals surface area (Å²) in [7, 11) is 0. The second-order valence-corrected chi connectivity index (χ2v) is 6.51. The van der Waals surface area contributed by atoms with E-state index < -0.39 is 0 Å². The smallest absolute Gasteiger partial charge is 0.267 e. The maximum atomic E-state index is 12.5. The number of H-pyrrole nitrogens is 1. The quantitative estimate of drug-likeness (QED) is 0.670. The Bertz CT molecular complexity index is 753. The van der Waals surface area contributed by atoms with E-state index in [0.717, 1.165) is 35.7 Å². The van der Waals surface area contributed by atoms with Crippen molar-refractivity contribution in [2.45, 2.75) is 44.7 Å². The van der Waals surface area contributed by atoms with Crippen molar-refractivity contribution in [2.75, 3.05) is 6.54 Å². The van der Waals surface area contributed by atoms with E-state index in [1.807, 2.05) is 31.2 Å². The number of fused-ring (bicyclic) bond motifs is 1. The molecular weight excluding hydrogens is 304 g/mol. The van der Waals surface area contributed by atoms with Crippen LogP contribution < -0.4 is 16.4 Å². The lowest BCUT2D eigenvalue weighted by molar-refractivity contribution is -0.121. The van der Waals surface area contributed by atoms with Gasteiger partial charge in [-0.15, -0.1) is 0 Å². The molecule has 1 aromatic heterocycles. The fraction of sp³-hybridized carbons (Fsp3) is 0.444. The number of carbonyl (C=O) groups is 2. The molecule has 6 nitrogen and oxygen atoms in total. The summed E-state index contributed by atoms with van der Waals surface area (Å²) >= 11 is 0. The number of hydrogen-bond acceptors (Lipinski definition) is 3. The predicted molar refractivity (Wildman–Crippen MR) is 93.7 cm³/mol. The second kappa shape index (κ2) is 7.05. The van der Waals surface area contributed by atoms with Gasteiger partial charge >= 0.3 is 0 Å². The Kier molecular flexibility index (Phi) is 4.85. The van der Waals surface area contributed by atoms with Gasteiger partial charge < -0.3 is 21.4 Å². The Balaban J connectivity index is 1.59. The van der Waals surface area contributed by atoms with Crippen LogP contribution in [0.4, 0.5) is 0 Å². The molecule has 1 aliphatic carbocycles. The average molecular weight is 328 g/mol. The van der Waals surface area contributed by atoms with Crippen LogP contribution in [0.3, 0.4) is 0 Å². The van der Waals surface area contributed by atoms with E-state index in [1.54, 1.807) is 0 Å². The third-order valence-corrected chi connectivity index (χ3v) is 4.61. The molecule has 2 amide bonds. The highest BCUT2D eigenvalue weighted by Gasteiger charge is 2.27. The van der Waals surface area contributed by atoms with E-state index in [9.17, 15) is 9.59 Å². The summed E-state index contributed by atoms with van der Waals surface area (Å²) in [6.45, 7) is 2.38. The Labute approximate surface area is 141 Å². The third kappa shape index (κ3) is 3.59. The molecule has 6 heteroatoms.